The van der Waals surface area contributed by atoms with Gasteiger partial charge < -0.3 is 5.73 Å². The Hall–Kier alpha value is -1.62. The van der Waals surface area contributed by atoms with Crippen LogP contribution in [0.5, 0.6) is 0 Å². The van der Waals surface area contributed by atoms with Crippen molar-refractivity contribution in [3.63, 3.8) is 0 Å². The fourth-order valence-electron chi connectivity index (χ4n) is 0.941. The highest BCUT2D eigenvalue weighted by Gasteiger charge is 2.12. The largest absolute Gasteiger partial charge is 0.396 e. The molecule has 5 heteroatoms. The zero-order chi connectivity index (χ0) is 10.7. The number of halogens is 1. The molecule has 0 aromatic heterocycles. The van der Waals surface area contributed by atoms with Gasteiger partial charge in [-0.3, -0.25) is 9.63 Å². The molecule has 0 aliphatic carbocycles. The second-order valence-corrected chi connectivity index (χ2v) is 2.72. The van der Waals surface area contributed by atoms with E-state index in [1.54, 1.807) is 0 Å². The Morgan fingerprint density at radius 1 is 1.57 bits per heavy atom. The summed E-state index contributed by atoms with van der Waals surface area (Å²) >= 11 is 0. The number of nitrogen functional groups attached to an aromatic ring is 1. The van der Waals surface area contributed by atoms with Gasteiger partial charge >= 0.3 is 0 Å². The molecule has 1 aromatic carbocycles. The van der Waals surface area contributed by atoms with Gasteiger partial charge in [-0.15, -0.1) is 0 Å². The number of hydrogen-bond donors (Lipinski definition) is 1. The maximum Gasteiger partial charge on any atom is 0.277 e. The summed E-state index contributed by atoms with van der Waals surface area (Å²) in [7, 11) is 2.83. The Bertz CT molecular complexity index is 355. The third-order valence-electron chi connectivity index (χ3n) is 1.80. The zero-order valence-corrected chi connectivity index (χ0v) is 7.95. The summed E-state index contributed by atoms with van der Waals surface area (Å²) in [6.07, 6.45) is 0. The van der Waals surface area contributed by atoms with Gasteiger partial charge in [-0.25, -0.2) is 9.45 Å². The average Bonchev–Trinajstić information content (AvgIpc) is 2.20. The minimum Gasteiger partial charge on any atom is -0.396 e. The normalized spacial score (nSPS) is 9.93. The Balaban J connectivity index is 2.97. The van der Waals surface area contributed by atoms with Crippen molar-refractivity contribution >= 4 is 11.6 Å². The smallest absolute Gasteiger partial charge is 0.277 e. The summed E-state index contributed by atoms with van der Waals surface area (Å²) in [5.74, 6) is -0.916. The van der Waals surface area contributed by atoms with Gasteiger partial charge in [0.25, 0.3) is 5.91 Å². The first kappa shape index (κ1) is 10.5. The van der Waals surface area contributed by atoms with Crippen LogP contribution in [-0.4, -0.2) is 25.1 Å². The highest BCUT2D eigenvalue weighted by Crippen LogP contribution is 2.13. The number of benzene rings is 1. The van der Waals surface area contributed by atoms with E-state index in [2.05, 4.69) is 4.84 Å². The maximum absolute atomic E-state index is 12.8. The number of rotatable bonds is 2. The summed E-state index contributed by atoms with van der Waals surface area (Å²) in [6, 6.07) is 3.77. The lowest BCUT2D eigenvalue weighted by atomic mass is 10.2. The van der Waals surface area contributed by atoms with E-state index in [9.17, 15) is 9.18 Å². The fraction of sp³-hybridized carbons (Fsp3) is 0.222. The number of carbonyl (C=O) groups excluding carboxylic acids is 1. The summed E-state index contributed by atoms with van der Waals surface area (Å²) in [4.78, 5) is 16.1. The van der Waals surface area contributed by atoms with Crippen molar-refractivity contribution in [2.45, 2.75) is 0 Å². The highest BCUT2D eigenvalue weighted by molar-refractivity contribution is 5.94. The van der Waals surface area contributed by atoms with Crippen LogP contribution in [-0.2, 0) is 4.84 Å². The lowest BCUT2D eigenvalue weighted by Gasteiger charge is -2.13. The number of hydroxylamine groups is 2. The van der Waals surface area contributed by atoms with E-state index in [1.165, 1.54) is 26.3 Å². The van der Waals surface area contributed by atoms with E-state index in [4.69, 9.17) is 5.73 Å². The van der Waals surface area contributed by atoms with Gasteiger partial charge in [-0.1, -0.05) is 0 Å². The number of nitrogens with two attached hydrogens (primary N) is 1. The van der Waals surface area contributed by atoms with Gasteiger partial charge in [-0.2, -0.15) is 0 Å². The van der Waals surface area contributed by atoms with Crippen molar-refractivity contribution in [2.75, 3.05) is 19.9 Å². The minimum atomic E-state index is -0.540. The molecule has 2 N–H and O–H groups in total. The minimum absolute atomic E-state index is 0.0552. The van der Waals surface area contributed by atoms with E-state index in [0.717, 1.165) is 11.1 Å². The van der Waals surface area contributed by atoms with E-state index in [1.807, 2.05) is 0 Å². The number of hydrogen-bond acceptors (Lipinski definition) is 3. The Morgan fingerprint density at radius 2 is 2.21 bits per heavy atom. The monoisotopic (exact) mass is 198 g/mol. The van der Waals surface area contributed by atoms with Crippen molar-refractivity contribution in [1.29, 1.82) is 0 Å². The van der Waals surface area contributed by atoms with Crippen molar-refractivity contribution in [3.05, 3.63) is 29.6 Å². The van der Waals surface area contributed by atoms with Crippen LogP contribution in [0.2, 0.25) is 0 Å². The molecule has 1 rings (SSSR count). The van der Waals surface area contributed by atoms with Crippen LogP contribution in [0.15, 0.2) is 18.2 Å². The highest BCUT2D eigenvalue weighted by atomic mass is 19.1. The number of amides is 1. The predicted molar refractivity (Wildman–Crippen MR) is 49.9 cm³/mol. The quantitative estimate of drug-likeness (QED) is 0.570. The van der Waals surface area contributed by atoms with Crippen LogP contribution in [0.4, 0.5) is 10.1 Å². The molecule has 4 nitrogen and oxygen atoms in total. The first-order valence-electron chi connectivity index (χ1n) is 3.93. The van der Waals surface area contributed by atoms with Gasteiger partial charge in [0.1, 0.15) is 5.82 Å². The van der Waals surface area contributed by atoms with Crippen molar-refractivity contribution in [1.82, 2.24) is 5.06 Å². The van der Waals surface area contributed by atoms with Gasteiger partial charge in [0.05, 0.1) is 12.8 Å². The van der Waals surface area contributed by atoms with Crippen molar-refractivity contribution in [3.8, 4) is 0 Å². The molecule has 14 heavy (non-hydrogen) atoms. The summed E-state index contributed by atoms with van der Waals surface area (Å²) in [5, 5.41) is 1.03. The molecule has 1 amide bonds. The first-order valence-corrected chi connectivity index (χ1v) is 3.93. The Morgan fingerprint density at radius 3 is 2.71 bits per heavy atom. The lowest BCUT2D eigenvalue weighted by molar-refractivity contribution is -0.0756. The van der Waals surface area contributed by atoms with Gasteiger partial charge in [-0.05, 0) is 18.2 Å². The Kier molecular flexibility index (Phi) is 3.03. The SMILES string of the molecule is CON(C)C(=O)c1ccc(F)c(N)c1. The summed E-state index contributed by atoms with van der Waals surface area (Å²) in [5.41, 5.74) is 5.54. The molecule has 0 aliphatic rings. The standard InChI is InChI=1S/C9H11FN2O2/c1-12(14-2)9(13)6-3-4-7(10)8(11)5-6/h3-5H,11H2,1-2H3. The molecule has 0 heterocycles. The van der Waals surface area contributed by atoms with Gasteiger partial charge in [0, 0.05) is 12.6 Å². The van der Waals surface area contributed by atoms with Crippen LogP contribution >= 0.6 is 0 Å². The van der Waals surface area contributed by atoms with Gasteiger partial charge in [0.2, 0.25) is 0 Å². The van der Waals surface area contributed by atoms with Crippen LogP contribution in [0.1, 0.15) is 10.4 Å². The average molecular weight is 198 g/mol. The maximum atomic E-state index is 12.8. The first-order chi connectivity index (χ1) is 6.56. The lowest BCUT2D eigenvalue weighted by Crippen LogP contribution is -2.25. The molecule has 76 valence electrons. The number of nitrogens with zero attached hydrogens (tertiary/aromatic N) is 1. The van der Waals surface area contributed by atoms with Crippen LogP contribution in [0, 0.1) is 5.82 Å². The fourth-order valence-corrected chi connectivity index (χ4v) is 0.941. The summed E-state index contributed by atoms with van der Waals surface area (Å²) in [6.45, 7) is 0. The number of carbonyl (C=O) groups is 1. The topological polar surface area (TPSA) is 55.6 Å². The molecule has 0 spiro atoms. The van der Waals surface area contributed by atoms with E-state index in [0.29, 0.717) is 0 Å². The molecule has 0 bridgehead atoms. The zero-order valence-electron chi connectivity index (χ0n) is 7.95. The van der Waals surface area contributed by atoms with E-state index in [-0.39, 0.29) is 17.2 Å². The van der Waals surface area contributed by atoms with Crippen LogP contribution in [0.3, 0.4) is 0 Å². The molecular formula is C9H11FN2O2. The van der Waals surface area contributed by atoms with E-state index >= 15 is 0 Å². The van der Waals surface area contributed by atoms with Crippen molar-refractivity contribution < 1.29 is 14.0 Å². The third-order valence-corrected chi connectivity index (χ3v) is 1.80. The molecule has 0 atom stereocenters. The number of anilines is 1. The molecule has 0 fully saturated rings. The van der Waals surface area contributed by atoms with Crippen LogP contribution in [0.25, 0.3) is 0 Å². The van der Waals surface area contributed by atoms with Crippen molar-refractivity contribution in [2.24, 2.45) is 0 Å². The van der Waals surface area contributed by atoms with Crippen LogP contribution < -0.4 is 5.73 Å². The second-order valence-electron chi connectivity index (χ2n) is 2.72. The molecule has 0 radical (unpaired) electrons. The third kappa shape index (κ3) is 2.00. The molecule has 1 aromatic rings. The second kappa shape index (κ2) is 4.06. The summed E-state index contributed by atoms with van der Waals surface area (Å²) < 4.78 is 12.8. The predicted octanol–water partition coefficient (Wildman–Crippen LogP) is 1.04. The molecular weight excluding hydrogens is 187 g/mol. The molecule has 0 unspecified atom stereocenters. The van der Waals surface area contributed by atoms with Gasteiger partial charge in [0.15, 0.2) is 0 Å². The molecule has 0 aliphatic heterocycles. The van der Waals surface area contributed by atoms with E-state index < -0.39 is 5.82 Å². The molecule has 0 saturated heterocycles. The molecule has 0 saturated carbocycles. The Labute approximate surface area is 81.0 Å².